The Labute approximate surface area is 114 Å². The van der Waals surface area contributed by atoms with Crippen molar-refractivity contribution in [2.75, 3.05) is 7.11 Å². The van der Waals surface area contributed by atoms with E-state index >= 15 is 0 Å². The van der Waals surface area contributed by atoms with Crippen LogP contribution in [0, 0.1) is 11.8 Å². The van der Waals surface area contributed by atoms with Crippen molar-refractivity contribution in [3.8, 4) is 5.75 Å². The van der Waals surface area contributed by atoms with Crippen LogP contribution in [-0.4, -0.2) is 12.2 Å². The van der Waals surface area contributed by atoms with E-state index < -0.39 is 5.60 Å². The van der Waals surface area contributed by atoms with Crippen molar-refractivity contribution in [1.29, 1.82) is 0 Å². The third-order valence-electron chi connectivity index (χ3n) is 4.22. The Morgan fingerprint density at radius 1 is 1.39 bits per heavy atom. The predicted octanol–water partition coefficient (Wildman–Crippen LogP) is 3.99. The van der Waals surface area contributed by atoms with Crippen LogP contribution in [0.3, 0.4) is 0 Å². The monoisotopic (exact) mass is 268 g/mol. The highest BCUT2D eigenvalue weighted by atomic mass is 35.5. The van der Waals surface area contributed by atoms with Crippen molar-refractivity contribution >= 4 is 11.6 Å². The Kier molecular flexibility index (Phi) is 3.88. The first-order chi connectivity index (χ1) is 8.47. The highest BCUT2D eigenvalue weighted by molar-refractivity contribution is 6.30. The first kappa shape index (κ1) is 13.7. The molecule has 1 fully saturated rings. The number of halogens is 1. The summed E-state index contributed by atoms with van der Waals surface area (Å²) in [5.74, 6) is 1.61. The lowest BCUT2D eigenvalue weighted by Crippen LogP contribution is -2.38. The number of methoxy groups -OCH3 is 1. The van der Waals surface area contributed by atoms with Crippen molar-refractivity contribution in [2.24, 2.45) is 11.8 Å². The van der Waals surface area contributed by atoms with Crippen LogP contribution in [0.2, 0.25) is 5.02 Å². The summed E-state index contributed by atoms with van der Waals surface area (Å²) < 4.78 is 5.38. The fourth-order valence-electron chi connectivity index (χ4n) is 3.05. The van der Waals surface area contributed by atoms with Crippen molar-refractivity contribution in [3.63, 3.8) is 0 Å². The molecule has 1 N–H and O–H groups in total. The number of hydrogen-bond acceptors (Lipinski definition) is 2. The molecule has 18 heavy (non-hydrogen) atoms. The molecule has 0 saturated heterocycles. The SMILES string of the molecule is COc1ccc(Cl)cc1C1(O)CCC(C)CC1C. The van der Waals surface area contributed by atoms with Crippen molar-refractivity contribution in [3.05, 3.63) is 28.8 Å². The number of benzene rings is 1. The van der Waals surface area contributed by atoms with Gasteiger partial charge >= 0.3 is 0 Å². The Hall–Kier alpha value is -0.730. The van der Waals surface area contributed by atoms with E-state index in [-0.39, 0.29) is 5.92 Å². The van der Waals surface area contributed by atoms with Gasteiger partial charge in [-0.3, -0.25) is 0 Å². The highest BCUT2D eigenvalue weighted by Crippen LogP contribution is 2.46. The summed E-state index contributed by atoms with van der Waals surface area (Å²) in [6.45, 7) is 4.35. The molecule has 0 heterocycles. The zero-order valence-corrected chi connectivity index (χ0v) is 12.0. The maximum Gasteiger partial charge on any atom is 0.125 e. The quantitative estimate of drug-likeness (QED) is 0.879. The molecule has 0 aliphatic heterocycles. The summed E-state index contributed by atoms with van der Waals surface area (Å²) >= 11 is 6.06. The molecule has 1 aliphatic rings. The Morgan fingerprint density at radius 2 is 2.11 bits per heavy atom. The van der Waals surface area contributed by atoms with Crippen molar-refractivity contribution < 1.29 is 9.84 Å². The fourth-order valence-corrected chi connectivity index (χ4v) is 3.22. The molecule has 1 aliphatic carbocycles. The van der Waals surface area contributed by atoms with Crippen LogP contribution < -0.4 is 4.74 Å². The molecule has 100 valence electrons. The molecule has 2 nitrogen and oxygen atoms in total. The normalized spacial score (nSPS) is 32.3. The molecule has 0 amide bonds. The molecule has 3 heteroatoms. The van der Waals surface area contributed by atoms with Gasteiger partial charge in [-0.15, -0.1) is 0 Å². The zero-order valence-electron chi connectivity index (χ0n) is 11.2. The van der Waals surface area contributed by atoms with E-state index in [0.29, 0.717) is 10.9 Å². The molecule has 0 spiro atoms. The Bertz CT molecular complexity index is 433. The maximum absolute atomic E-state index is 11.0. The predicted molar refractivity (Wildman–Crippen MR) is 74.1 cm³/mol. The molecule has 1 aromatic rings. The first-order valence-corrected chi connectivity index (χ1v) is 6.91. The molecule has 0 radical (unpaired) electrons. The standard InChI is InChI=1S/C15H21ClO2/c1-10-6-7-15(17,11(2)8-10)13-9-12(16)4-5-14(13)18-3/h4-5,9-11,17H,6-8H2,1-3H3. The second-order valence-corrected chi connectivity index (χ2v) is 5.99. The lowest BCUT2D eigenvalue weighted by Gasteiger charge is -2.41. The van der Waals surface area contributed by atoms with E-state index in [1.807, 2.05) is 12.1 Å². The molecule has 1 aromatic carbocycles. The van der Waals surface area contributed by atoms with Gasteiger partial charge in [0.15, 0.2) is 0 Å². The van der Waals surface area contributed by atoms with E-state index in [1.165, 1.54) is 0 Å². The number of hydrogen-bond donors (Lipinski definition) is 1. The van der Waals surface area contributed by atoms with Gasteiger partial charge in [0, 0.05) is 10.6 Å². The van der Waals surface area contributed by atoms with Gasteiger partial charge in [-0.2, -0.15) is 0 Å². The minimum Gasteiger partial charge on any atom is -0.496 e. The summed E-state index contributed by atoms with van der Waals surface area (Å²) in [4.78, 5) is 0. The third-order valence-corrected chi connectivity index (χ3v) is 4.45. The molecule has 1 saturated carbocycles. The van der Waals surface area contributed by atoms with Gasteiger partial charge in [0.25, 0.3) is 0 Å². The average molecular weight is 269 g/mol. The van der Waals surface area contributed by atoms with Crippen LogP contribution in [0.4, 0.5) is 0 Å². The van der Waals surface area contributed by atoms with E-state index in [9.17, 15) is 5.11 Å². The maximum atomic E-state index is 11.0. The van der Waals surface area contributed by atoms with Crippen molar-refractivity contribution in [1.82, 2.24) is 0 Å². The minimum atomic E-state index is -0.817. The molecule has 3 atom stereocenters. The van der Waals surface area contributed by atoms with Gasteiger partial charge < -0.3 is 9.84 Å². The Balaban J connectivity index is 2.43. The minimum absolute atomic E-state index is 0.216. The molecule has 0 bridgehead atoms. The van der Waals surface area contributed by atoms with Crippen LogP contribution in [0.25, 0.3) is 0 Å². The summed E-state index contributed by atoms with van der Waals surface area (Å²) in [6, 6.07) is 5.47. The number of rotatable bonds is 2. The van der Waals surface area contributed by atoms with Gasteiger partial charge in [0.2, 0.25) is 0 Å². The summed E-state index contributed by atoms with van der Waals surface area (Å²) in [6.07, 6.45) is 2.84. The van der Waals surface area contributed by atoms with Gasteiger partial charge in [-0.25, -0.2) is 0 Å². The lowest BCUT2D eigenvalue weighted by molar-refractivity contribution is -0.0601. The third kappa shape index (κ3) is 2.36. The number of aliphatic hydroxyl groups is 1. The van der Waals surface area contributed by atoms with Crippen LogP contribution in [-0.2, 0) is 5.60 Å². The highest BCUT2D eigenvalue weighted by Gasteiger charge is 2.41. The fraction of sp³-hybridized carbons (Fsp3) is 0.600. The largest absolute Gasteiger partial charge is 0.496 e. The topological polar surface area (TPSA) is 29.5 Å². The van der Waals surface area contributed by atoms with Crippen LogP contribution in [0.1, 0.15) is 38.7 Å². The van der Waals surface area contributed by atoms with E-state index in [2.05, 4.69) is 13.8 Å². The van der Waals surface area contributed by atoms with Crippen LogP contribution in [0.5, 0.6) is 5.75 Å². The van der Waals surface area contributed by atoms with E-state index in [1.54, 1.807) is 13.2 Å². The molecule has 0 aromatic heterocycles. The summed E-state index contributed by atoms with van der Waals surface area (Å²) in [7, 11) is 1.63. The molecular formula is C15H21ClO2. The molecule has 3 unspecified atom stereocenters. The van der Waals surface area contributed by atoms with Gasteiger partial charge in [-0.1, -0.05) is 25.4 Å². The van der Waals surface area contributed by atoms with Crippen molar-refractivity contribution in [2.45, 2.75) is 38.7 Å². The van der Waals surface area contributed by atoms with Crippen LogP contribution in [0.15, 0.2) is 18.2 Å². The second kappa shape index (κ2) is 5.10. The average Bonchev–Trinajstić information content (AvgIpc) is 2.34. The first-order valence-electron chi connectivity index (χ1n) is 6.53. The smallest absolute Gasteiger partial charge is 0.125 e. The molecule has 2 rings (SSSR count). The zero-order chi connectivity index (χ0) is 13.3. The molecular weight excluding hydrogens is 248 g/mol. The van der Waals surface area contributed by atoms with E-state index in [0.717, 1.165) is 30.6 Å². The lowest BCUT2D eigenvalue weighted by atomic mass is 9.69. The summed E-state index contributed by atoms with van der Waals surface area (Å²) in [5, 5.41) is 11.7. The van der Waals surface area contributed by atoms with Gasteiger partial charge in [-0.05, 0) is 49.3 Å². The van der Waals surface area contributed by atoms with Gasteiger partial charge in [0.1, 0.15) is 5.75 Å². The summed E-state index contributed by atoms with van der Waals surface area (Å²) in [5.41, 5.74) is 0.0138. The van der Waals surface area contributed by atoms with Gasteiger partial charge in [0.05, 0.1) is 12.7 Å². The number of ether oxygens (including phenoxy) is 1. The second-order valence-electron chi connectivity index (χ2n) is 5.55. The van der Waals surface area contributed by atoms with E-state index in [4.69, 9.17) is 16.3 Å². The Morgan fingerprint density at radius 3 is 2.72 bits per heavy atom. The van der Waals surface area contributed by atoms with Crippen LogP contribution >= 0.6 is 11.6 Å².